The molecule has 1 atom stereocenters. The second kappa shape index (κ2) is 10.8. The van der Waals surface area contributed by atoms with E-state index in [1.54, 1.807) is 60.7 Å². The van der Waals surface area contributed by atoms with E-state index in [1.165, 1.54) is 31.6 Å². The number of nitrogens with zero attached hydrogens (tertiary/aromatic N) is 3. The van der Waals surface area contributed by atoms with Crippen molar-refractivity contribution in [2.24, 2.45) is 5.73 Å². The summed E-state index contributed by atoms with van der Waals surface area (Å²) >= 11 is 6.61. The fraction of sp³-hybridized carbons (Fsp3) is 0.103. The highest BCUT2D eigenvalue weighted by molar-refractivity contribution is 6.32. The number of hydrogen-bond acceptors (Lipinski definition) is 10. The van der Waals surface area contributed by atoms with E-state index in [0.29, 0.717) is 22.4 Å². The van der Waals surface area contributed by atoms with Gasteiger partial charge in [-0.05, 0) is 35.9 Å². The number of nitriles is 1. The molecule has 0 saturated heterocycles. The lowest BCUT2D eigenvalue weighted by atomic mass is 9.81. The average molecular weight is 557 g/mol. The Hall–Kier alpha value is -5.27. The molecule has 1 aliphatic rings. The van der Waals surface area contributed by atoms with Crippen molar-refractivity contribution in [3.63, 3.8) is 0 Å². The number of benzene rings is 3. The van der Waals surface area contributed by atoms with Crippen LogP contribution in [0.2, 0.25) is 5.02 Å². The first-order valence-corrected chi connectivity index (χ1v) is 12.2. The fourth-order valence-electron chi connectivity index (χ4n) is 4.55. The molecule has 40 heavy (non-hydrogen) atoms. The van der Waals surface area contributed by atoms with Gasteiger partial charge in [-0.25, -0.2) is 14.6 Å². The normalized spacial score (nSPS) is 15.2. The number of nitrogens with two attached hydrogens (primary N) is 1. The average Bonchev–Trinajstić information content (AvgIpc) is 3.47. The first-order valence-electron chi connectivity index (χ1n) is 11.8. The van der Waals surface area contributed by atoms with Gasteiger partial charge in [-0.2, -0.15) is 5.26 Å². The second-order valence-electron chi connectivity index (χ2n) is 8.51. The Bertz CT molecular complexity index is 1740. The smallest absolute Gasteiger partial charge is 0.355 e. The third-order valence-electron chi connectivity index (χ3n) is 6.33. The number of halogens is 1. The van der Waals surface area contributed by atoms with Gasteiger partial charge in [0.05, 0.1) is 42.4 Å². The number of carbonyl (C=O) groups excluding carboxylic acids is 2. The van der Waals surface area contributed by atoms with Gasteiger partial charge in [0.1, 0.15) is 17.3 Å². The minimum Gasteiger partial charge on any atom is -0.466 e. The largest absolute Gasteiger partial charge is 0.466 e. The van der Waals surface area contributed by atoms with Crippen LogP contribution in [0.25, 0.3) is 11.1 Å². The maximum absolute atomic E-state index is 13.2. The number of fused-ring (bicyclic) bond motifs is 1. The topological polar surface area (TPSA) is 141 Å². The number of ether oxygens (including phenoxy) is 3. The second-order valence-corrected chi connectivity index (χ2v) is 8.91. The number of anilines is 1. The first kappa shape index (κ1) is 26.3. The van der Waals surface area contributed by atoms with Gasteiger partial charge in [-0.3, -0.25) is 4.90 Å². The Morgan fingerprint density at radius 2 is 1.77 bits per heavy atom. The summed E-state index contributed by atoms with van der Waals surface area (Å²) in [6, 6.07) is 20.7. The molecule has 4 aromatic rings. The van der Waals surface area contributed by atoms with Crippen LogP contribution < -0.4 is 15.4 Å². The molecule has 2 heterocycles. The summed E-state index contributed by atoms with van der Waals surface area (Å²) in [6.45, 7) is 0. The lowest BCUT2D eigenvalue weighted by molar-refractivity contribution is -0.139. The monoisotopic (exact) mass is 556 g/mol. The number of hydrogen-bond donors (Lipinski definition) is 1. The maximum atomic E-state index is 13.2. The quantitative estimate of drug-likeness (QED) is 0.316. The highest BCUT2D eigenvalue weighted by Crippen LogP contribution is 2.44. The molecule has 3 aromatic carbocycles. The SMILES string of the molecule is COC(=O)C1=C(C(=O)OC)N(c2ccc(Oc3cccc4ocnc34)c(Cl)c2)C(N)=C(C#N)C1c1ccccc1. The van der Waals surface area contributed by atoms with Crippen LogP contribution in [-0.2, 0) is 19.1 Å². The third-order valence-corrected chi connectivity index (χ3v) is 6.62. The van der Waals surface area contributed by atoms with Gasteiger partial charge in [0.15, 0.2) is 23.2 Å². The van der Waals surface area contributed by atoms with Gasteiger partial charge in [0, 0.05) is 5.69 Å². The first-order chi connectivity index (χ1) is 19.4. The number of methoxy groups -OCH3 is 2. The predicted octanol–water partition coefficient (Wildman–Crippen LogP) is 5.17. The van der Waals surface area contributed by atoms with Gasteiger partial charge in [-0.1, -0.05) is 48.0 Å². The van der Waals surface area contributed by atoms with Crippen molar-refractivity contribution in [3.8, 4) is 17.6 Å². The molecule has 10 nitrogen and oxygen atoms in total. The summed E-state index contributed by atoms with van der Waals surface area (Å²) in [4.78, 5) is 31.8. The summed E-state index contributed by atoms with van der Waals surface area (Å²) in [5, 5.41) is 10.3. The van der Waals surface area contributed by atoms with Crippen LogP contribution >= 0.6 is 11.6 Å². The highest BCUT2D eigenvalue weighted by Gasteiger charge is 2.43. The van der Waals surface area contributed by atoms with Crippen LogP contribution in [0, 0.1) is 11.3 Å². The van der Waals surface area contributed by atoms with Crippen LogP contribution in [0.4, 0.5) is 5.69 Å². The maximum Gasteiger partial charge on any atom is 0.355 e. The zero-order valence-corrected chi connectivity index (χ0v) is 22.0. The molecule has 1 unspecified atom stereocenters. The van der Waals surface area contributed by atoms with Crippen LogP contribution in [0.3, 0.4) is 0 Å². The number of oxazole rings is 1. The van der Waals surface area contributed by atoms with Crippen LogP contribution in [0.5, 0.6) is 11.5 Å². The van der Waals surface area contributed by atoms with Gasteiger partial charge < -0.3 is 24.4 Å². The number of carbonyl (C=O) groups is 2. The Morgan fingerprint density at radius 3 is 2.45 bits per heavy atom. The number of aromatic nitrogens is 1. The number of rotatable bonds is 6. The molecule has 1 aliphatic heterocycles. The molecule has 200 valence electrons. The molecule has 11 heteroatoms. The standard InChI is InChI=1S/C29H21ClN4O6/c1-37-28(35)24-23(16-7-4-3-5-8-16)18(14-31)27(32)34(26(24)29(36)38-2)17-11-12-20(19(30)13-17)40-22-10-6-9-21-25(22)33-15-39-21/h3-13,15,23H,32H2,1-2H3. The Balaban J connectivity index is 1.66. The molecule has 1 aromatic heterocycles. The molecule has 0 fully saturated rings. The minimum absolute atomic E-state index is 0.0356. The molecule has 2 N–H and O–H groups in total. The number of para-hydroxylation sites is 1. The Kier molecular flexibility index (Phi) is 7.14. The van der Waals surface area contributed by atoms with E-state index in [4.69, 9.17) is 36.0 Å². The van der Waals surface area contributed by atoms with Crippen LogP contribution in [-0.4, -0.2) is 31.1 Å². The van der Waals surface area contributed by atoms with Crippen molar-refractivity contribution < 1.29 is 28.2 Å². The van der Waals surface area contributed by atoms with Gasteiger partial charge in [0.2, 0.25) is 0 Å². The lowest BCUT2D eigenvalue weighted by Gasteiger charge is -2.36. The van der Waals surface area contributed by atoms with Crippen molar-refractivity contribution in [1.29, 1.82) is 5.26 Å². The van der Waals surface area contributed by atoms with Crippen molar-refractivity contribution in [2.75, 3.05) is 19.1 Å². The number of esters is 2. The molecular weight excluding hydrogens is 536 g/mol. The molecule has 0 bridgehead atoms. The van der Waals surface area contributed by atoms with Crippen molar-refractivity contribution in [2.45, 2.75) is 5.92 Å². The lowest BCUT2D eigenvalue weighted by Crippen LogP contribution is -2.40. The van der Waals surface area contributed by atoms with E-state index in [0.717, 1.165) is 0 Å². The van der Waals surface area contributed by atoms with E-state index >= 15 is 0 Å². The molecule has 0 saturated carbocycles. The van der Waals surface area contributed by atoms with E-state index in [1.807, 2.05) is 0 Å². The Morgan fingerprint density at radius 1 is 1.02 bits per heavy atom. The predicted molar refractivity (Wildman–Crippen MR) is 145 cm³/mol. The van der Waals surface area contributed by atoms with Crippen molar-refractivity contribution in [1.82, 2.24) is 4.98 Å². The zero-order chi connectivity index (χ0) is 28.4. The van der Waals surface area contributed by atoms with Gasteiger partial charge in [0.25, 0.3) is 0 Å². The van der Waals surface area contributed by atoms with Crippen LogP contribution in [0.15, 0.2) is 100 Å². The zero-order valence-electron chi connectivity index (χ0n) is 21.3. The van der Waals surface area contributed by atoms with E-state index < -0.39 is 17.9 Å². The molecule has 0 amide bonds. The van der Waals surface area contributed by atoms with Crippen molar-refractivity contribution >= 4 is 40.3 Å². The Labute approximate surface area is 233 Å². The van der Waals surface area contributed by atoms with E-state index in [2.05, 4.69) is 11.1 Å². The summed E-state index contributed by atoms with van der Waals surface area (Å²) < 4.78 is 21.4. The van der Waals surface area contributed by atoms with Crippen LogP contribution in [0.1, 0.15) is 11.5 Å². The summed E-state index contributed by atoms with van der Waals surface area (Å²) in [6.07, 6.45) is 1.31. The number of allylic oxidation sites excluding steroid dienone is 1. The van der Waals surface area contributed by atoms with Gasteiger partial charge >= 0.3 is 11.9 Å². The molecule has 5 rings (SSSR count). The highest BCUT2D eigenvalue weighted by atomic mass is 35.5. The van der Waals surface area contributed by atoms with E-state index in [-0.39, 0.29) is 39.1 Å². The minimum atomic E-state index is -0.981. The third kappa shape index (κ3) is 4.48. The summed E-state index contributed by atoms with van der Waals surface area (Å²) in [7, 11) is 2.36. The fourth-order valence-corrected chi connectivity index (χ4v) is 4.77. The van der Waals surface area contributed by atoms with Crippen molar-refractivity contribution in [3.05, 3.63) is 106 Å². The molecule has 0 aliphatic carbocycles. The van der Waals surface area contributed by atoms with E-state index in [9.17, 15) is 14.9 Å². The molecule has 0 radical (unpaired) electrons. The summed E-state index contributed by atoms with van der Waals surface area (Å²) in [5.41, 5.74) is 8.14. The summed E-state index contributed by atoms with van der Waals surface area (Å²) in [5.74, 6) is -2.06. The molecule has 0 spiro atoms. The molecular formula is C29H21ClN4O6. The van der Waals surface area contributed by atoms with Gasteiger partial charge in [-0.15, -0.1) is 0 Å².